The monoisotopic (exact) mass is 167 g/mol. The SMILES string of the molecule is O=C(O)C1=CC=CSN1.[NaH]. The molecule has 1 aliphatic heterocycles. The van der Waals surface area contributed by atoms with Gasteiger partial charge in [0.05, 0.1) is 0 Å². The summed E-state index contributed by atoms with van der Waals surface area (Å²) in [4.78, 5) is 10.2. The molecule has 5 heteroatoms. The topological polar surface area (TPSA) is 49.3 Å². The van der Waals surface area contributed by atoms with E-state index in [9.17, 15) is 4.79 Å². The molecule has 0 radical (unpaired) electrons. The van der Waals surface area contributed by atoms with Gasteiger partial charge in [0.1, 0.15) is 5.70 Å². The Morgan fingerprint density at radius 3 is 2.70 bits per heavy atom. The van der Waals surface area contributed by atoms with E-state index in [0.717, 1.165) is 0 Å². The van der Waals surface area contributed by atoms with Crippen LogP contribution in [-0.4, -0.2) is 40.6 Å². The van der Waals surface area contributed by atoms with Crippen LogP contribution in [0.5, 0.6) is 0 Å². The van der Waals surface area contributed by atoms with Crippen molar-refractivity contribution in [3.05, 3.63) is 23.3 Å². The molecule has 0 aromatic rings. The first-order valence-corrected chi connectivity index (χ1v) is 3.20. The number of aliphatic carboxylic acids is 1. The maximum absolute atomic E-state index is 10.2. The Balaban J connectivity index is 0.000000810. The summed E-state index contributed by atoms with van der Waals surface area (Å²) in [5.41, 5.74) is 0.225. The Bertz CT molecular complexity index is 190. The average molecular weight is 167 g/mol. The van der Waals surface area contributed by atoms with Crippen LogP contribution < -0.4 is 4.72 Å². The van der Waals surface area contributed by atoms with Crippen molar-refractivity contribution in [2.75, 3.05) is 0 Å². The Hall–Kier alpha value is 0.1000. The minimum absolute atomic E-state index is 0. The molecule has 0 saturated carbocycles. The summed E-state index contributed by atoms with van der Waals surface area (Å²) in [6.07, 6.45) is 3.20. The van der Waals surface area contributed by atoms with E-state index >= 15 is 0 Å². The molecule has 0 spiro atoms. The van der Waals surface area contributed by atoms with Gasteiger partial charge in [-0.3, -0.25) is 0 Å². The van der Waals surface area contributed by atoms with E-state index in [2.05, 4.69) is 4.72 Å². The predicted octanol–water partition coefficient (Wildman–Crippen LogP) is 0.0715. The molecule has 50 valence electrons. The summed E-state index contributed by atoms with van der Waals surface area (Å²) >= 11 is 1.25. The molecule has 0 saturated heterocycles. The van der Waals surface area contributed by atoms with Crippen molar-refractivity contribution >= 4 is 47.5 Å². The van der Waals surface area contributed by atoms with Crippen LogP contribution in [0, 0.1) is 0 Å². The number of nitrogens with one attached hydrogen (secondary N) is 1. The standard InChI is InChI=1S/C5H5NO2S.Na.H/c7-5(8)4-2-1-3-9-6-4;;/h1-3,6H,(H,7,8);;. The second-order valence-corrected chi connectivity index (χ2v) is 2.15. The van der Waals surface area contributed by atoms with E-state index in [4.69, 9.17) is 5.11 Å². The van der Waals surface area contributed by atoms with Gasteiger partial charge in [-0.25, -0.2) is 4.79 Å². The van der Waals surface area contributed by atoms with E-state index in [1.165, 1.54) is 18.0 Å². The van der Waals surface area contributed by atoms with Gasteiger partial charge < -0.3 is 9.83 Å². The molecule has 10 heavy (non-hydrogen) atoms. The number of carboxylic acids is 1. The molecule has 0 amide bonds. The van der Waals surface area contributed by atoms with Gasteiger partial charge in [0.15, 0.2) is 0 Å². The number of hydrogen-bond donors (Lipinski definition) is 2. The molecule has 1 aliphatic rings. The summed E-state index contributed by atoms with van der Waals surface area (Å²) in [5, 5.41) is 10.1. The van der Waals surface area contributed by atoms with Gasteiger partial charge >= 0.3 is 35.5 Å². The number of carboxylic acid groups (broad SMARTS) is 1. The molecule has 0 bridgehead atoms. The second-order valence-electron chi connectivity index (χ2n) is 1.43. The third kappa shape index (κ3) is 2.79. The Kier molecular flexibility index (Phi) is 4.89. The normalized spacial score (nSPS) is 14.6. The fourth-order valence-corrected chi connectivity index (χ4v) is 0.929. The summed E-state index contributed by atoms with van der Waals surface area (Å²) < 4.78 is 2.61. The molecule has 0 aromatic heterocycles. The van der Waals surface area contributed by atoms with Gasteiger partial charge in [0, 0.05) is 0 Å². The van der Waals surface area contributed by atoms with Crippen molar-refractivity contribution in [3.63, 3.8) is 0 Å². The molecular formula is C5H6NNaO2S. The van der Waals surface area contributed by atoms with E-state index in [0.29, 0.717) is 0 Å². The Morgan fingerprint density at radius 2 is 2.40 bits per heavy atom. The molecule has 0 unspecified atom stereocenters. The molecule has 0 fully saturated rings. The molecule has 0 aliphatic carbocycles. The van der Waals surface area contributed by atoms with E-state index in [1.54, 1.807) is 11.5 Å². The van der Waals surface area contributed by atoms with Gasteiger partial charge in [-0.05, 0) is 23.4 Å². The van der Waals surface area contributed by atoms with Crippen molar-refractivity contribution < 1.29 is 9.90 Å². The van der Waals surface area contributed by atoms with Crippen LogP contribution in [0.4, 0.5) is 0 Å². The second kappa shape index (κ2) is 4.85. The number of carbonyl (C=O) groups is 1. The fraction of sp³-hybridized carbons (Fsp3) is 0. The van der Waals surface area contributed by atoms with Crippen molar-refractivity contribution in [2.45, 2.75) is 0 Å². The van der Waals surface area contributed by atoms with Crippen LogP contribution in [-0.2, 0) is 4.79 Å². The molecule has 1 heterocycles. The molecule has 3 nitrogen and oxygen atoms in total. The number of hydrogen-bond acceptors (Lipinski definition) is 3. The third-order valence-corrected chi connectivity index (χ3v) is 1.44. The van der Waals surface area contributed by atoms with Crippen LogP contribution in [0.2, 0.25) is 0 Å². The number of allylic oxidation sites excluding steroid dienone is 2. The quantitative estimate of drug-likeness (QED) is 0.428. The van der Waals surface area contributed by atoms with E-state index in [1.807, 2.05) is 0 Å². The van der Waals surface area contributed by atoms with Gasteiger partial charge in [-0.2, -0.15) is 0 Å². The van der Waals surface area contributed by atoms with E-state index in [-0.39, 0.29) is 35.3 Å². The van der Waals surface area contributed by atoms with Crippen molar-refractivity contribution in [1.29, 1.82) is 0 Å². The van der Waals surface area contributed by atoms with Crippen LogP contribution in [0.25, 0.3) is 0 Å². The number of rotatable bonds is 1. The van der Waals surface area contributed by atoms with Crippen LogP contribution in [0.1, 0.15) is 0 Å². The van der Waals surface area contributed by atoms with Gasteiger partial charge in [-0.15, -0.1) is 0 Å². The van der Waals surface area contributed by atoms with Crippen LogP contribution in [0.3, 0.4) is 0 Å². The molecule has 0 atom stereocenters. The minimum atomic E-state index is -0.924. The molecule has 2 N–H and O–H groups in total. The molecular weight excluding hydrogens is 161 g/mol. The third-order valence-electron chi connectivity index (χ3n) is 0.809. The predicted molar refractivity (Wildman–Crippen MR) is 42.7 cm³/mol. The summed E-state index contributed by atoms with van der Waals surface area (Å²) in [5.74, 6) is -0.924. The zero-order valence-corrected chi connectivity index (χ0v) is 5.31. The van der Waals surface area contributed by atoms with Gasteiger partial charge in [-0.1, -0.05) is 6.08 Å². The van der Waals surface area contributed by atoms with Crippen molar-refractivity contribution in [3.8, 4) is 0 Å². The molecule has 1 rings (SSSR count). The molecule has 0 aromatic carbocycles. The van der Waals surface area contributed by atoms with Gasteiger partial charge in [0.2, 0.25) is 0 Å². The Labute approximate surface area is 85.0 Å². The zero-order chi connectivity index (χ0) is 6.69. The van der Waals surface area contributed by atoms with Gasteiger partial charge in [0.25, 0.3) is 0 Å². The first-order valence-electron chi connectivity index (χ1n) is 2.32. The summed E-state index contributed by atoms with van der Waals surface area (Å²) in [6, 6.07) is 0. The first kappa shape index (κ1) is 10.1. The van der Waals surface area contributed by atoms with E-state index < -0.39 is 5.97 Å². The van der Waals surface area contributed by atoms with Crippen LogP contribution in [0.15, 0.2) is 23.3 Å². The van der Waals surface area contributed by atoms with Crippen molar-refractivity contribution in [1.82, 2.24) is 4.72 Å². The summed E-state index contributed by atoms with van der Waals surface area (Å²) in [6.45, 7) is 0. The maximum atomic E-state index is 10.2. The fourth-order valence-electron chi connectivity index (χ4n) is 0.421. The first-order chi connectivity index (χ1) is 4.30. The summed E-state index contributed by atoms with van der Waals surface area (Å²) in [7, 11) is 0. The Morgan fingerprint density at radius 1 is 1.70 bits per heavy atom. The van der Waals surface area contributed by atoms with Crippen molar-refractivity contribution in [2.24, 2.45) is 0 Å². The average Bonchev–Trinajstić information content (AvgIpc) is 1.90. The van der Waals surface area contributed by atoms with Crippen LogP contribution >= 0.6 is 11.9 Å². The zero-order valence-electron chi connectivity index (χ0n) is 4.50.